The lowest BCUT2D eigenvalue weighted by molar-refractivity contribution is 0.0993. The second-order valence-electron chi connectivity index (χ2n) is 5.99. The Morgan fingerprint density at radius 2 is 2.00 bits per heavy atom. The first-order valence-corrected chi connectivity index (χ1v) is 8.78. The first-order valence-electron chi connectivity index (χ1n) is 7.97. The minimum Gasteiger partial charge on any atom is -0.397 e. The van der Waals surface area contributed by atoms with Crippen molar-refractivity contribution in [1.82, 2.24) is 4.98 Å². The number of aromatic nitrogens is 1. The normalized spacial score (nSPS) is 11.0. The van der Waals surface area contributed by atoms with Crippen molar-refractivity contribution in [1.29, 1.82) is 0 Å². The third-order valence-corrected chi connectivity index (χ3v) is 5.18. The number of amides is 1. The summed E-state index contributed by atoms with van der Waals surface area (Å²) in [5.41, 5.74) is 10.9. The van der Waals surface area contributed by atoms with Crippen molar-refractivity contribution in [2.24, 2.45) is 0 Å². The molecule has 0 spiro atoms. The van der Waals surface area contributed by atoms with E-state index in [-0.39, 0.29) is 5.91 Å². The zero-order valence-corrected chi connectivity index (χ0v) is 15.2. The summed E-state index contributed by atoms with van der Waals surface area (Å²) >= 11 is 1.38. The fourth-order valence-corrected chi connectivity index (χ4v) is 4.16. The van der Waals surface area contributed by atoms with Crippen LogP contribution in [0.2, 0.25) is 0 Å². The molecule has 0 atom stereocenters. The standard InChI is InChI=1S/C19H21N3OS/c1-5-22(14-8-6-7-11(2)9-14)19(23)17-16(20)15-12(3)10-13(4)21-18(15)24-17/h6-10H,5,20H2,1-4H3. The number of fused-ring (bicyclic) bond motifs is 1. The van der Waals surface area contributed by atoms with E-state index in [9.17, 15) is 4.79 Å². The van der Waals surface area contributed by atoms with Gasteiger partial charge in [-0.3, -0.25) is 4.79 Å². The van der Waals surface area contributed by atoms with Crippen molar-refractivity contribution < 1.29 is 4.79 Å². The van der Waals surface area contributed by atoms with Gasteiger partial charge in [-0.2, -0.15) is 0 Å². The van der Waals surface area contributed by atoms with Crippen molar-refractivity contribution in [2.45, 2.75) is 27.7 Å². The van der Waals surface area contributed by atoms with Crippen molar-refractivity contribution in [3.05, 3.63) is 52.0 Å². The molecule has 0 aliphatic heterocycles. The average Bonchev–Trinajstić information content (AvgIpc) is 2.85. The molecule has 0 saturated carbocycles. The zero-order valence-electron chi connectivity index (χ0n) is 14.4. The van der Waals surface area contributed by atoms with Gasteiger partial charge in [0.1, 0.15) is 9.71 Å². The molecule has 1 aromatic carbocycles. The van der Waals surface area contributed by atoms with Gasteiger partial charge in [-0.25, -0.2) is 4.98 Å². The Hall–Kier alpha value is -2.40. The quantitative estimate of drug-likeness (QED) is 0.766. The molecule has 4 nitrogen and oxygen atoms in total. The van der Waals surface area contributed by atoms with Crippen LogP contribution < -0.4 is 10.6 Å². The molecular weight excluding hydrogens is 318 g/mol. The maximum absolute atomic E-state index is 13.1. The molecule has 2 aromatic heterocycles. The van der Waals surface area contributed by atoms with Crippen LogP contribution in [0.1, 0.15) is 33.4 Å². The highest BCUT2D eigenvalue weighted by Crippen LogP contribution is 2.36. The summed E-state index contributed by atoms with van der Waals surface area (Å²) in [5, 5.41) is 0.897. The molecule has 124 valence electrons. The molecule has 3 aromatic rings. The van der Waals surface area contributed by atoms with Gasteiger partial charge in [-0.05, 0) is 57.0 Å². The lowest BCUT2D eigenvalue weighted by Crippen LogP contribution is -2.30. The van der Waals surface area contributed by atoms with E-state index in [1.807, 2.05) is 58.0 Å². The summed E-state index contributed by atoms with van der Waals surface area (Å²) < 4.78 is 0. The molecule has 0 saturated heterocycles. The lowest BCUT2D eigenvalue weighted by atomic mass is 10.1. The first kappa shape index (κ1) is 16.5. The highest BCUT2D eigenvalue weighted by molar-refractivity contribution is 7.21. The molecule has 0 fully saturated rings. The number of nitrogens with two attached hydrogens (primary N) is 1. The van der Waals surface area contributed by atoms with Gasteiger partial charge < -0.3 is 10.6 Å². The van der Waals surface area contributed by atoms with E-state index in [1.54, 1.807) is 4.90 Å². The summed E-state index contributed by atoms with van der Waals surface area (Å²) in [6.07, 6.45) is 0. The van der Waals surface area contributed by atoms with Gasteiger partial charge in [-0.15, -0.1) is 11.3 Å². The number of nitrogens with zero attached hydrogens (tertiary/aromatic N) is 2. The molecule has 0 radical (unpaired) electrons. The van der Waals surface area contributed by atoms with Crippen LogP contribution in [-0.4, -0.2) is 17.4 Å². The molecule has 1 amide bonds. The Kier molecular flexibility index (Phi) is 4.28. The van der Waals surface area contributed by atoms with Gasteiger partial charge in [0, 0.05) is 23.3 Å². The average molecular weight is 339 g/mol. The summed E-state index contributed by atoms with van der Waals surface area (Å²) in [5.74, 6) is -0.0688. The Balaban J connectivity index is 2.10. The maximum atomic E-state index is 13.1. The van der Waals surface area contributed by atoms with Crippen molar-refractivity contribution in [3.63, 3.8) is 0 Å². The van der Waals surface area contributed by atoms with Crippen LogP contribution in [0.3, 0.4) is 0 Å². The predicted molar refractivity (Wildman–Crippen MR) is 102 cm³/mol. The molecule has 5 heteroatoms. The Labute approximate surface area is 145 Å². The Morgan fingerprint density at radius 1 is 1.25 bits per heavy atom. The van der Waals surface area contributed by atoms with Crippen LogP contribution in [0.4, 0.5) is 11.4 Å². The van der Waals surface area contributed by atoms with Crippen LogP contribution in [-0.2, 0) is 0 Å². The van der Waals surface area contributed by atoms with Gasteiger partial charge >= 0.3 is 0 Å². The molecule has 0 aliphatic rings. The topological polar surface area (TPSA) is 59.2 Å². The number of carbonyl (C=O) groups is 1. The number of rotatable bonds is 3. The zero-order chi connectivity index (χ0) is 17.4. The van der Waals surface area contributed by atoms with Crippen molar-refractivity contribution >= 4 is 38.8 Å². The number of nitrogen functional groups attached to an aromatic ring is 1. The molecule has 0 unspecified atom stereocenters. The van der Waals surface area contributed by atoms with E-state index in [2.05, 4.69) is 4.98 Å². The Morgan fingerprint density at radius 3 is 2.67 bits per heavy atom. The minimum atomic E-state index is -0.0688. The first-order chi connectivity index (χ1) is 11.4. The van der Waals surface area contributed by atoms with Gasteiger partial charge in [0.15, 0.2) is 0 Å². The number of carbonyl (C=O) groups excluding carboxylic acids is 1. The van der Waals surface area contributed by atoms with Crippen LogP contribution in [0.25, 0.3) is 10.2 Å². The third kappa shape index (κ3) is 2.76. The van der Waals surface area contributed by atoms with E-state index in [1.165, 1.54) is 11.3 Å². The molecule has 2 heterocycles. The molecule has 3 rings (SSSR count). The SMILES string of the molecule is CCN(C(=O)c1sc2nc(C)cc(C)c2c1N)c1cccc(C)c1. The fourth-order valence-electron chi connectivity index (χ4n) is 2.99. The van der Waals surface area contributed by atoms with E-state index in [4.69, 9.17) is 5.73 Å². The summed E-state index contributed by atoms with van der Waals surface area (Å²) in [4.78, 5) is 20.8. The van der Waals surface area contributed by atoms with Crippen LogP contribution in [0, 0.1) is 20.8 Å². The number of aryl methyl sites for hydroxylation is 3. The van der Waals surface area contributed by atoms with Gasteiger partial charge in [0.2, 0.25) is 0 Å². The molecule has 0 bridgehead atoms. The highest BCUT2D eigenvalue weighted by atomic mass is 32.1. The second-order valence-corrected chi connectivity index (χ2v) is 6.99. The Bertz CT molecular complexity index is 930. The molecular formula is C19H21N3OS. The van der Waals surface area contributed by atoms with Crippen LogP contribution in [0.5, 0.6) is 0 Å². The minimum absolute atomic E-state index is 0.0688. The van der Waals surface area contributed by atoms with Gasteiger partial charge in [0.05, 0.1) is 5.69 Å². The highest BCUT2D eigenvalue weighted by Gasteiger charge is 2.23. The van der Waals surface area contributed by atoms with Gasteiger partial charge in [0.25, 0.3) is 5.91 Å². The maximum Gasteiger partial charge on any atom is 0.270 e. The number of hydrogen-bond donors (Lipinski definition) is 1. The third-order valence-electron chi connectivity index (χ3n) is 4.09. The molecule has 24 heavy (non-hydrogen) atoms. The predicted octanol–water partition coefficient (Wildman–Crippen LogP) is 4.47. The lowest BCUT2D eigenvalue weighted by Gasteiger charge is -2.21. The van der Waals surface area contributed by atoms with Gasteiger partial charge in [-0.1, -0.05) is 12.1 Å². The molecule has 0 aliphatic carbocycles. The van der Waals surface area contributed by atoms with E-state index in [0.717, 1.165) is 32.7 Å². The second kappa shape index (κ2) is 6.24. The summed E-state index contributed by atoms with van der Waals surface area (Å²) in [6, 6.07) is 9.94. The monoisotopic (exact) mass is 339 g/mol. The summed E-state index contributed by atoms with van der Waals surface area (Å²) in [7, 11) is 0. The van der Waals surface area contributed by atoms with E-state index < -0.39 is 0 Å². The van der Waals surface area contributed by atoms with Crippen LogP contribution in [0.15, 0.2) is 30.3 Å². The number of pyridine rings is 1. The summed E-state index contributed by atoms with van der Waals surface area (Å²) in [6.45, 7) is 8.53. The fraction of sp³-hybridized carbons (Fsp3) is 0.263. The largest absolute Gasteiger partial charge is 0.397 e. The molecule has 2 N–H and O–H groups in total. The van der Waals surface area contributed by atoms with E-state index in [0.29, 0.717) is 17.1 Å². The number of benzene rings is 1. The number of anilines is 2. The number of hydrogen-bond acceptors (Lipinski definition) is 4. The van der Waals surface area contributed by atoms with E-state index >= 15 is 0 Å². The van der Waals surface area contributed by atoms with Crippen LogP contribution >= 0.6 is 11.3 Å². The van der Waals surface area contributed by atoms with Crippen molar-refractivity contribution in [3.8, 4) is 0 Å². The van der Waals surface area contributed by atoms with Crippen molar-refractivity contribution in [2.75, 3.05) is 17.2 Å². The smallest absolute Gasteiger partial charge is 0.270 e. The number of thiophene rings is 1.